The van der Waals surface area contributed by atoms with Gasteiger partial charge in [0.2, 0.25) is 0 Å². The van der Waals surface area contributed by atoms with E-state index in [2.05, 4.69) is 75.3 Å². The average molecular weight is 252 g/mol. The van der Waals surface area contributed by atoms with E-state index in [1.54, 1.807) is 0 Å². The summed E-state index contributed by atoms with van der Waals surface area (Å²) in [7, 11) is 4.18. The summed E-state index contributed by atoms with van der Waals surface area (Å²) < 4.78 is 0. The summed E-state index contributed by atoms with van der Waals surface area (Å²) in [6.07, 6.45) is 6.74. The molecule has 1 aliphatic carbocycles. The van der Waals surface area contributed by atoms with E-state index in [4.69, 9.17) is 0 Å². The zero-order valence-corrected chi connectivity index (χ0v) is 12.1. The van der Waals surface area contributed by atoms with Crippen LogP contribution in [0.5, 0.6) is 0 Å². The number of likely N-dealkylation sites (N-methyl/N-ethyl adjacent to an activating group) is 1. The molecule has 1 heteroatoms. The van der Waals surface area contributed by atoms with Gasteiger partial charge < -0.3 is 4.90 Å². The standard InChI is InChI=1S/C18H22N/c1-14-10-11-17(13-19(3)4)15(2)18(14)12-16-8-6-5-7-9-16/h5-12,14H,2,13H2,1,3-4H3. The highest BCUT2D eigenvalue weighted by Gasteiger charge is 2.16. The van der Waals surface area contributed by atoms with Crippen molar-refractivity contribution in [2.45, 2.75) is 6.92 Å². The Morgan fingerprint density at radius 1 is 1.21 bits per heavy atom. The maximum Gasteiger partial charge on any atom is 0.0230 e. The second-order valence-electron chi connectivity index (χ2n) is 5.40. The normalized spacial score (nSPS) is 21.5. The van der Waals surface area contributed by atoms with Crippen molar-refractivity contribution in [3.63, 3.8) is 0 Å². The Balaban J connectivity index is 2.36. The van der Waals surface area contributed by atoms with Crippen LogP contribution in [0.25, 0.3) is 6.08 Å². The van der Waals surface area contributed by atoms with E-state index in [1.165, 1.54) is 22.3 Å². The lowest BCUT2D eigenvalue weighted by Crippen LogP contribution is -2.18. The van der Waals surface area contributed by atoms with Crippen LogP contribution in [-0.4, -0.2) is 25.5 Å². The highest BCUT2D eigenvalue weighted by Crippen LogP contribution is 2.30. The Morgan fingerprint density at radius 2 is 1.89 bits per heavy atom. The number of rotatable bonds is 3. The number of allylic oxidation sites excluding steroid dienone is 3. The molecule has 1 atom stereocenters. The van der Waals surface area contributed by atoms with E-state index in [1.807, 2.05) is 6.07 Å². The third kappa shape index (κ3) is 3.45. The van der Waals surface area contributed by atoms with Gasteiger partial charge in [-0.05, 0) is 49.2 Å². The highest BCUT2D eigenvalue weighted by atomic mass is 15.0. The fourth-order valence-corrected chi connectivity index (χ4v) is 2.36. The van der Waals surface area contributed by atoms with Gasteiger partial charge in [-0.2, -0.15) is 0 Å². The minimum Gasteiger partial charge on any atom is -0.305 e. The molecule has 0 fully saturated rings. The Morgan fingerprint density at radius 3 is 2.53 bits per heavy atom. The van der Waals surface area contributed by atoms with Crippen LogP contribution >= 0.6 is 0 Å². The van der Waals surface area contributed by atoms with Crippen LogP contribution in [0, 0.1) is 12.8 Å². The molecule has 0 heterocycles. The summed E-state index contributed by atoms with van der Waals surface area (Å²) in [5, 5.41) is 0. The van der Waals surface area contributed by atoms with Crippen molar-refractivity contribution in [2.75, 3.05) is 20.6 Å². The van der Waals surface area contributed by atoms with Crippen LogP contribution in [0.2, 0.25) is 0 Å². The fraction of sp³-hybridized carbons (Fsp3) is 0.278. The van der Waals surface area contributed by atoms with Crippen LogP contribution in [0.1, 0.15) is 12.5 Å². The Hall–Kier alpha value is -1.60. The fourth-order valence-electron chi connectivity index (χ4n) is 2.36. The van der Waals surface area contributed by atoms with Gasteiger partial charge in [-0.15, -0.1) is 0 Å². The van der Waals surface area contributed by atoms with Crippen molar-refractivity contribution in [1.82, 2.24) is 4.90 Å². The zero-order valence-electron chi connectivity index (χ0n) is 12.1. The molecule has 0 saturated carbocycles. The topological polar surface area (TPSA) is 3.24 Å². The molecule has 1 unspecified atom stereocenters. The Bertz CT molecular complexity index is 518. The molecule has 1 aliphatic rings. The van der Waals surface area contributed by atoms with Gasteiger partial charge in [0.15, 0.2) is 0 Å². The average Bonchev–Trinajstić information content (AvgIpc) is 2.39. The van der Waals surface area contributed by atoms with E-state index in [9.17, 15) is 0 Å². The van der Waals surface area contributed by atoms with Crippen molar-refractivity contribution < 1.29 is 0 Å². The third-order valence-corrected chi connectivity index (χ3v) is 3.42. The summed E-state index contributed by atoms with van der Waals surface area (Å²) in [6, 6.07) is 10.5. The largest absolute Gasteiger partial charge is 0.305 e. The Labute approximate surface area is 116 Å². The van der Waals surface area contributed by atoms with Crippen LogP contribution in [0.3, 0.4) is 0 Å². The van der Waals surface area contributed by atoms with Crippen molar-refractivity contribution in [2.24, 2.45) is 5.92 Å². The molecule has 0 amide bonds. The predicted octanol–water partition coefficient (Wildman–Crippen LogP) is 3.97. The quantitative estimate of drug-likeness (QED) is 0.787. The number of hydrogen-bond donors (Lipinski definition) is 0. The van der Waals surface area contributed by atoms with E-state index >= 15 is 0 Å². The van der Waals surface area contributed by atoms with Crippen molar-refractivity contribution >= 4 is 6.08 Å². The summed E-state index contributed by atoms with van der Waals surface area (Å²) in [5.74, 6) is 0.429. The van der Waals surface area contributed by atoms with E-state index in [-0.39, 0.29) is 0 Å². The molecular formula is C18H22N. The molecule has 1 aromatic rings. The van der Waals surface area contributed by atoms with Crippen LogP contribution < -0.4 is 0 Å². The lowest BCUT2D eigenvalue weighted by atomic mass is 9.85. The van der Waals surface area contributed by atoms with Crippen LogP contribution in [-0.2, 0) is 0 Å². The van der Waals surface area contributed by atoms with Crippen molar-refractivity contribution in [3.05, 3.63) is 71.7 Å². The van der Waals surface area contributed by atoms with E-state index in [0.717, 1.165) is 6.54 Å². The summed E-state index contributed by atoms with van der Waals surface area (Å²) in [6.45, 7) is 7.46. The van der Waals surface area contributed by atoms with Crippen LogP contribution in [0.15, 0.2) is 59.2 Å². The number of benzene rings is 1. The predicted molar refractivity (Wildman–Crippen MR) is 83.7 cm³/mol. The van der Waals surface area contributed by atoms with Gasteiger partial charge >= 0.3 is 0 Å². The maximum atomic E-state index is 4.29. The molecule has 1 radical (unpaired) electrons. The lowest BCUT2D eigenvalue weighted by molar-refractivity contribution is 0.447. The Kier molecular flexibility index (Phi) is 4.39. The molecule has 99 valence electrons. The smallest absolute Gasteiger partial charge is 0.0230 e. The molecule has 0 saturated heterocycles. The molecule has 2 rings (SSSR count). The second-order valence-corrected chi connectivity index (χ2v) is 5.40. The highest BCUT2D eigenvalue weighted by molar-refractivity contribution is 5.63. The first-order chi connectivity index (χ1) is 9.08. The first-order valence-electron chi connectivity index (χ1n) is 6.73. The molecule has 0 N–H and O–H groups in total. The molecular weight excluding hydrogens is 230 g/mol. The molecule has 19 heavy (non-hydrogen) atoms. The van der Waals surface area contributed by atoms with Gasteiger partial charge in [-0.3, -0.25) is 0 Å². The number of hydrogen-bond acceptors (Lipinski definition) is 1. The molecule has 0 aliphatic heterocycles. The van der Waals surface area contributed by atoms with Crippen LogP contribution in [0.4, 0.5) is 0 Å². The second kappa shape index (κ2) is 6.03. The summed E-state index contributed by atoms with van der Waals surface area (Å²) in [4.78, 5) is 2.18. The molecule has 0 spiro atoms. The zero-order chi connectivity index (χ0) is 13.8. The molecule has 0 aromatic heterocycles. The first-order valence-corrected chi connectivity index (χ1v) is 6.73. The van der Waals surface area contributed by atoms with Gasteiger partial charge in [-0.25, -0.2) is 0 Å². The van der Waals surface area contributed by atoms with Gasteiger partial charge in [0.05, 0.1) is 0 Å². The maximum absolute atomic E-state index is 4.29. The first kappa shape index (κ1) is 13.8. The van der Waals surface area contributed by atoms with Gasteiger partial charge in [-0.1, -0.05) is 55.5 Å². The van der Waals surface area contributed by atoms with Gasteiger partial charge in [0, 0.05) is 6.54 Å². The molecule has 1 aromatic carbocycles. The minimum absolute atomic E-state index is 0.429. The van der Waals surface area contributed by atoms with Crippen molar-refractivity contribution in [1.29, 1.82) is 0 Å². The minimum atomic E-state index is 0.429. The van der Waals surface area contributed by atoms with Gasteiger partial charge in [0.25, 0.3) is 0 Å². The van der Waals surface area contributed by atoms with Crippen molar-refractivity contribution in [3.8, 4) is 0 Å². The SMILES string of the molecule is [CH2]C1=C(CN(C)C)C=CC(C)C1=Cc1ccccc1. The summed E-state index contributed by atoms with van der Waals surface area (Å²) in [5.41, 5.74) is 5.05. The summed E-state index contributed by atoms with van der Waals surface area (Å²) >= 11 is 0. The van der Waals surface area contributed by atoms with E-state index in [0.29, 0.717) is 5.92 Å². The monoisotopic (exact) mass is 252 g/mol. The van der Waals surface area contributed by atoms with E-state index < -0.39 is 0 Å². The third-order valence-electron chi connectivity index (χ3n) is 3.42. The van der Waals surface area contributed by atoms with Gasteiger partial charge in [0.1, 0.15) is 0 Å². The molecule has 0 bridgehead atoms. The molecule has 1 nitrogen and oxygen atoms in total. The lowest BCUT2D eigenvalue weighted by Gasteiger charge is -2.23. The number of nitrogens with zero attached hydrogens (tertiary/aromatic N) is 1.